The molecule has 0 saturated carbocycles. The third-order valence-electron chi connectivity index (χ3n) is 2.86. The molecule has 0 heterocycles. The van der Waals surface area contributed by atoms with Crippen LogP contribution in [0.25, 0.3) is 0 Å². The van der Waals surface area contributed by atoms with Gasteiger partial charge in [-0.25, -0.2) is 0 Å². The minimum Gasteiger partial charge on any atom is -0.0654 e. The van der Waals surface area contributed by atoms with Crippen LogP contribution >= 0.6 is 0 Å². The minimum atomic E-state index is 0.455. The Kier molecular flexibility index (Phi) is 17.5. The number of ether oxygens (including phenoxy) is 2. The number of hydrogen-bond acceptors (Lipinski definition) is 2. The van der Waals surface area contributed by atoms with E-state index in [2.05, 4.69) is 36.8 Å². The van der Waals surface area contributed by atoms with E-state index in [-0.39, 0.29) is 0 Å². The van der Waals surface area contributed by atoms with Gasteiger partial charge in [-0.15, -0.1) is 0 Å². The molecule has 0 unspecified atom stereocenters. The first-order chi connectivity index (χ1) is 8.91. The molecule has 0 spiro atoms. The second kappa shape index (κ2) is 17.3. The zero-order valence-electron chi connectivity index (χ0n) is 12.5. The quantitative estimate of drug-likeness (QED) is 0.198. The summed E-state index contributed by atoms with van der Waals surface area (Å²) in [5.41, 5.74) is 0. The van der Waals surface area contributed by atoms with Crippen molar-refractivity contribution in [1.29, 1.82) is 0 Å². The van der Waals surface area contributed by atoms with Crippen molar-refractivity contribution in [3.05, 3.63) is 12.2 Å². The van der Waals surface area contributed by atoms with Gasteiger partial charge in [0.05, 0.1) is 0 Å². The van der Waals surface area contributed by atoms with Gasteiger partial charge in [0.25, 0.3) is 0 Å². The van der Waals surface area contributed by atoms with Crippen molar-refractivity contribution in [3.8, 4) is 0 Å². The van der Waals surface area contributed by atoms with Gasteiger partial charge in [0.1, 0.15) is 0 Å². The molecule has 0 bridgehead atoms. The molecule has 3 heteroatoms. The Labute approximate surface area is 123 Å². The van der Waals surface area contributed by atoms with Crippen molar-refractivity contribution in [2.45, 2.75) is 63.4 Å². The number of rotatable bonds is 14. The first kappa shape index (κ1) is 18.3. The monoisotopic (exact) mass is 248 g/mol. The Morgan fingerprint density at radius 3 is 2.28 bits per heavy atom. The maximum atomic E-state index is 5.42. The third-order valence-corrected chi connectivity index (χ3v) is 2.86. The molecule has 0 fully saturated rings. The van der Waals surface area contributed by atoms with Crippen LogP contribution in [0.2, 0.25) is 5.09 Å². The molecule has 0 N–H and O–H groups in total. The zero-order chi connectivity index (χ0) is 13.3. The molecule has 0 aliphatic heterocycles. The van der Waals surface area contributed by atoms with E-state index in [9.17, 15) is 0 Å². The third kappa shape index (κ3) is 16.3. The molecule has 0 aliphatic rings. The molecular weight excluding hydrogens is 219 g/mol. The molecule has 0 aromatic rings. The van der Waals surface area contributed by atoms with E-state index in [1.807, 2.05) is 0 Å². The van der Waals surface area contributed by atoms with Crippen molar-refractivity contribution in [2.24, 2.45) is 0 Å². The maximum absolute atomic E-state index is 5.42. The van der Waals surface area contributed by atoms with Crippen LogP contribution < -0.4 is 0 Å². The van der Waals surface area contributed by atoms with Crippen LogP contribution in [-0.2, 0) is 9.47 Å². The van der Waals surface area contributed by atoms with E-state index in [1.165, 1.54) is 50.0 Å². The predicted molar refractivity (Wildman–Crippen MR) is 79.1 cm³/mol. The molecule has 0 rings (SSSR count). The van der Waals surface area contributed by atoms with Crippen LogP contribution in [0.1, 0.15) is 58.3 Å². The van der Waals surface area contributed by atoms with Crippen molar-refractivity contribution < 1.29 is 9.47 Å². The molecule has 0 radical (unpaired) electrons. The standard InChI is InChI=1S/C15H29O2.Li/c1-3-5-7-9-10-12-14-17-15-16-13-11-8-6-4-2;/h6,8H,2-5,7,9-15H2,1H3;/b8-6+;. The van der Waals surface area contributed by atoms with Gasteiger partial charge in [0.15, 0.2) is 0 Å². The van der Waals surface area contributed by atoms with Gasteiger partial charge in [-0.2, -0.15) is 0 Å². The van der Waals surface area contributed by atoms with E-state index in [0.717, 1.165) is 19.6 Å². The van der Waals surface area contributed by atoms with Crippen molar-refractivity contribution >= 4 is 17.7 Å². The molecular formula is C15H29LiO2. The fourth-order valence-electron chi connectivity index (χ4n) is 1.71. The van der Waals surface area contributed by atoms with Gasteiger partial charge >= 0.3 is 90.1 Å². The molecule has 0 aliphatic carbocycles. The number of hydrogen-bond donors (Lipinski definition) is 0. The van der Waals surface area contributed by atoms with Crippen LogP contribution in [0.3, 0.4) is 0 Å². The first-order valence-corrected chi connectivity index (χ1v) is 7.72. The Morgan fingerprint density at radius 1 is 0.833 bits per heavy atom. The summed E-state index contributed by atoms with van der Waals surface area (Å²) in [6, 6.07) is 0. The number of allylic oxidation sites excluding steroid dienone is 1. The van der Waals surface area contributed by atoms with Crippen LogP contribution in [0.15, 0.2) is 12.2 Å². The van der Waals surface area contributed by atoms with Crippen LogP contribution in [0.4, 0.5) is 0 Å². The van der Waals surface area contributed by atoms with Gasteiger partial charge in [-0.1, -0.05) is 32.6 Å². The van der Waals surface area contributed by atoms with Crippen molar-refractivity contribution in [3.63, 3.8) is 0 Å². The van der Waals surface area contributed by atoms with Crippen LogP contribution in [0.5, 0.6) is 0 Å². The summed E-state index contributed by atoms with van der Waals surface area (Å²) in [6.07, 6.45) is 14.5. The topological polar surface area (TPSA) is 18.5 Å². The Morgan fingerprint density at radius 2 is 1.50 bits per heavy atom. The summed E-state index contributed by atoms with van der Waals surface area (Å²) in [5.74, 6) is 0. The molecule has 0 aromatic carbocycles. The summed E-state index contributed by atoms with van der Waals surface area (Å²) in [4.78, 5) is 0. The normalized spacial score (nSPS) is 11.5. The zero-order valence-corrected chi connectivity index (χ0v) is 12.5. The molecule has 0 amide bonds. The van der Waals surface area contributed by atoms with Crippen molar-refractivity contribution in [2.75, 3.05) is 20.0 Å². The van der Waals surface area contributed by atoms with Crippen molar-refractivity contribution in [1.82, 2.24) is 0 Å². The van der Waals surface area contributed by atoms with E-state index < -0.39 is 0 Å². The van der Waals surface area contributed by atoms with Gasteiger partial charge in [-0.05, 0) is 0 Å². The second-order valence-electron chi connectivity index (χ2n) is 4.75. The minimum absolute atomic E-state index is 0.455. The molecule has 0 saturated heterocycles. The summed E-state index contributed by atoms with van der Waals surface area (Å²) in [6.45, 7) is 4.32. The summed E-state index contributed by atoms with van der Waals surface area (Å²) < 4.78 is 10.8. The SMILES string of the molecule is [Li][CH2]C/C=C/CCOCOCCCCCCCC. The smallest absolute Gasteiger partial charge is 0.0654 e. The summed E-state index contributed by atoms with van der Waals surface area (Å²) >= 11 is 2.19. The van der Waals surface area contributed by atoms with Crippen LogP contribution in [0, 0.1) is 0 Å². The summed E-state index contributed by atoms with van der Waals surface area (Å²) in [5, 5.41) is 1.22. The Balaban J connectivity index is 2.94. The van der Waals surface area contributed by atoms with Crippen LogP contribution in [-0.4, -0.2) is 37.7 Å². The fourth-order valence-corrected chi connectivity index (χ4v) is 1.71. The fraction of sp³-hybridized carbons (Fsp3) is 0.867. The van der Waals surface area contributed by atoms with Gasteiger partial charge in [-0.3, -0.25) is 0 Å². The Hall–Kier alpha value is 0.257. The molecule has 0 aromatic heterocycles. The predicted octanol–water partition coefficient (Wildman–Crippen LogP) is 4.26. The summed E-state index contributed by atoms with van der Waals surface area (Å²) in [7, 11) is 0. The average molecular weight is 248 g/mol. The first-order valence-electron chi connectivity index (χ1n) is 7.72. The van der Waals surface area contributed by atoms with Gasteiger partial charge in [0, 0.05) is 0 Å². The van der Waals surface area contributed by atoms with Gasteiger partial charge < -0.3 is 0 Å². The average Bonchev–Trinajstić information content (AvgIpc) is 2.39. The van der Waals surface area contributed by atoms with E-state index in [0.29, 0.717) is 6.79 Å². The van der Waals surface area contributed by atoms with Gasteiger partial charge in [0.2, 0.25) is 0 Å². The van der Waals surface area contributed by atoms with E-state index in [1.54, 1.807) is 0 Å². The second-order valence-corrected chi connectivity index (χ2v) is 4.75. The molecule has 2 nitrogen and oxygen atoms in total. The molecule has 102 valence electrons. The van der Waals surface area contributed by atoms with E-state index >= 15 is 0 Å². The Bertz CT molecular complexity index is 172. The number of unbranched alkanes of at least 4 members (excludes halogenated alkanes) is 5. The molecule has 18 heavy (non-hydrogen) atoms. The molecule has 0 atom stereocenters. The van der Waals surface area contributed by atoms with E-state index in [4.69, 9.17) is 9.47 Å².